The highest BCUT2D eigenvalue weighted by molar-refractivity contribution is 5.57. The molecule has 0 aliphatic heterocycles. The van der Waals surface area contributed by atoms with Crippen LogP contribution in [0.1, 0.15) is 32.3 Å². The Morgan fingerprint density at radius 2 is 1.94 bits per heavy atom. The molecule has 100 valence electrons. The second kappa shape index (κ2) is 6.00. The quantitative estimate of drug-likeness (QED) is 0.686. The average molecular weight is 250 g/mol. The molecule has 0 spiro atoms. The van der Waals surface area contributed by atoms with E-state index in [-0.39, 0.29) is 6.10 Å². The fourth-order valence-electron chi connectivity index (χ4n) is 2.07. The van der Waals surface area contributed by atoms with Gasteiger partial charge < -0.3 is 15.7 Å². The molecule has 0 bridgehead atoms. The van der Waals surface area contributed by atoms with E-state index in [1.165, 1.54) is 0 Å². The van der Waals surface area contributed by atoms with Gasteiger partial charge in [-0.25, -0.2) is 9.97 Å². The van der Waals surface area contributed by atoms with Crippen LogP contribution < -0.4 is 10.6 Å². The summed E-state index contributed by atoms with van der Waals surface area (Å²) in [7, 11) is 0. The van der Waals surface area contributed by atoms with Crippen LogP contribution in [0.3, 0.4) is 0 Å². The molecular formula is C13H22N4O. The van der Waals surface area contributed by atoms with Gasteiger partial charge in [-0.1, -0.05) is 6.92 Å². The molecule has 0 radical (unpaired) electrons. The highest BCUT2D eigenvalue weighted by atomic mass is 16.3. The first-order valence-electron chi connectivity index (χ1n) is 6.75. The fourth-order valence-corrected chi connectivity index (χ4v) is 2.07. The van der Waals surface area contributed by atoms with Gasteiger partial charge >= 0.3 is 0 Å². The number of aliphatic hydroxyl groups excluding tert-OH is 1. The van der Waals surface area contributed by atoms with Gasteiger partial charge in [0.2, 0.25) is 0 Å². The Kier molecular flexibility index (Phi) is 4.36. The van der Waals surface area contributed by atoms with Gasteiger partial charge in [0.05, 0.1) is 6.10 Å². The predicted octanol–water partition coefficient (Wildman–Crippen LogP) is 1.65. The lowest BCUT2D eigenvalue weighted by Crippen LogP contribution is -2.22. The topological polar surface area (TPSA) is 70.1 Å². The van der Waals surface area contributed by atoms with Gasteiger partial charge in [0.15, 0.2) is 0 Å². The van der Waals surface area contributed by atoms with Crippen molar-refractivity contribution < 1.29 is 5.11 Å². The SMILES string of the molecule is CCNc1ncnc(NCC(O)C2CC2)c1CC. The lowest BCUT2D eigenvalue weighted by molar-refractivity contribution is 0.164. The van der Waals surface area contributed by atoms with Crippen LogP contribution >= 0.6 is 0 Å². The van der Waals surface area contributed by atoms with Gasteiger partial charge in [-0.2, -0.15) is 0 Å². The van der Waals surface area contributed by atoms with Crippen molar-refractivity contribution in [2.75, 3.05) is 23.7 Å². The molecule has 1 atom stereocenters. The number of hydrogen-bond donors (Lipinski definition) is 3. The van der Waals surface area contributed by atoms with Crippen molar-refractivity contribution in [1.29, 1.82) is 0 Å². The molecule has 5 nitrogen and oxygen atoms in total. The van der Waals surface area contributed by atoms with E-state index >= 15 is 0 Å². The van der Waals surface area contributed by atoms with E-state index in [0.717, 1.165) is 43.0 Å². The largest absolute Gasteiger partial charge is 0.391 e. The number of hydrogen-bond acceptors (Lipinski definition) is 5. The van der Waals surface area contributed by atoms with E-state index in [1.807, 2.05) is 6.92 Å². The smallest absolute Gasteiger partial charge is 0.134 e. The Morgan fingerprint density at radius 1 is 1.28 bits per heavy atom. The van der Waals surface area contributed by atoms with E-state index in [2.05, 4.69) is 27.5 Å². The monoisotopic (exact) mass is 250 g/mol. The van der Waals surface area contributed by atoms with Gasteiger partial charge in [-0.05, 0) is 32.1 Å². The van der Waals surface area contributed by atoms with Crippen molar-refractivity contribution in [2.45, 2.75) is 39.2 Å². The lowest BCUT2D eigenvalue weighted by Gasteiger charge is -2.15. The minimum absolute atomic E-state index is 0.257. The van der Waals surface area contributed by atoms with Crippen LogP contribution in [0, 0.1) is 5.92 Å². The van der Waals surface area contributed by atoms with E-state index in [1.54, 1.807) is 6.33 Å². The van der Waals surface area contributed by atoms with Gasteiger partial charge in [0.25, 0.3) is 0 Å². The fraction of sp³-hybridized carbons (Fsp3) is 0.692. The van der Waals surface area contributed by atoms with E-state index in [9.17, 15) is 5.11 Å². The number of anilines is 2. The van der Waals surface area contributed by atoms with Gasteiger partial charge in [0, 0.05) is 18.7 Å². The Morgan fingerprint density at radius 3 is 2.50 bits per heavy atom. The molecule has 0 amide bonds. The number of aromatic nitrogens is 2. The Labute approximate surface area is 108 Å². The third kappa shape index (κ3) is 3.10. The molecule has 2 rings (SSSR count). The van der Waals surface area contributed by atoms with Crippen LogP contribution in [0.25, 0.3) is 0 Å². The molecule has 1 fully saturated rings. The molecular weight excluding hydrogens is 228 g/mol. The van der Waals surface area contributed by atoms with Crippen LogP contribution in [0.5, 0.6) is 0 Å². The highest BCUT2D eigenvalue weighted by Crippen LogP contribution is 2.32. The standard InChI is InChI=1S/C13H22N4O/c1-3-10-12(14-4-2)16-8-17-13(10)15-7-11(18)9-5-6-9/h8-9,11,18H,3-7H2,1-2H3,(H2,14,15,16,17). The second-order valence-electron chi connectivity index (χ2n) is 4.72. The summed E-state index contributed by atoms with van der Waals surface area (Å²) in [6.07, 6.45) is 4.46. The summed E-state index contributed by atoms with van der Waals surface area (Å²) in [5, 5.41) is 16.3. The minimum atomic E-state index is -0.257. The minimum Gasteiger partial charge on any atom is -0.391 e. The van der Waals surface area contributed by atoms with Gasteiger partial charge in [-0.3, -0.25) is 0 Å². The molecule has 3 N–H and O–H groups in total. The van der Waals surface area contributed by atoms with Crippen LogP contribution in [0.4, 0.5) is 11.6 Å². The normalized spacial score (nSPS) is 16.4. The predicted molar refractivity (Wildman–Crippen MR) is 72.8 cm³/mol. The maximum atomic E-state index is 9.86. The lowest BCUT2D eigenvalue weighted by atomic mass is 10.2. The van der Waals surface area contributed by atoms with Crippen molar-refractivity contribution >= 4 is 11.6 Å². The summed E-state index contributed by atoms with van der Waals surface area (Å²) in [5.74, 6) is 2.21. The summed E-state index contributed by atoms with van der Waals surface area (Å²) >= 11 is 0. The zero-order chi connectivity index (χ0) is 13.0. The molecule has 1 heterocycles. The second-order valence-corrected chi connectivity index (χ2v) is 4.72. The maximum absolute atomic E-state index is 9.86. The molecule has 5 heteroatoms. The Balaban J connectivity index is 2.03. The Hall–Kier alpha value is -1.36. The molecule has 1 aromatic rings. The van der Waals surface area contributed by atoms with Crippen molar-refractivity contribution in [3.63, 3.8) is 0 Å². The number of nitrogens with one attached hydrogen (secondary N) is 2. The molecule has 0 saturated heterocycles. The zero-order valence-electron chi connectivity index (χ0n) is 11.1. The first kappa shape index (κ1) is 13.1. The van der Waals surface area contributed by atoms with Crippen molar-refractivity contribution in [3.05, 3.63) is 11.9 Å². The summed E-state index contributed by atoms with van der Waals surface area (Å²) < 4.78 is 0. The van der Waals surface area contributed by atoms with Gasteiger partial charge in [0.1, 0.15) is 18.0 Å². The number of nitrogens with zero attached hydrogens (tertiary/aromatic N) is 2. The van der Waals surface area contributed by atoms with E-state index < -0.39 is 0 Å². The summed E-state index contributed by atoms with van der Waals surface area (Å²) in [6.45, 7) is 5.54. The number of rotatable bonds is 7. The molecule has 18 heavy (non-hydrogen) atoms. The first-order valence-corrected chi connectivity index (χ1v) is 6.75. The highest BCUT2D eigenvalue weighted by Gasteiger charge is 2.29. The van der Waals surface area contributed by atoms with Crippen LogP contribution in [0.2, 0.25) is 0 Å². The summed E-state index contributed by atoms with van der Waals surface area (Å²) in [4.78, 5) is 8.52. The van der Waals surface area contributed by atoms with Crippen LogP contribution in [0.15, 0.2) is 6.33 Å². The maximum Gasteiger partial charge on any atom is 0.134 e. The van der Waals surface area contributed by atoms with Crippen LogP contribution in [-0.4, -0.2) is 34.3 Å². The van der Waals surface area contributed by atoms with E-state index in [0.29, 0.717) is 12.5 Å². The van der Waals surface area contributed by atoms with Crippen LogP contribution in [-0.2, 0) is 6.42 Å². The van der Waals surface area contributed by atoms with E-state index in [4.69, 9.17) is 0 Å². The molecule has 1 aromatic heterocycles. The third-order valence-electron chi connectivity index (χ3n) is 3.29. The van der Waals surface area contributed by atoms with Crippen molar-refractivity contribution in [2.24, 2.45) is 5.92 Å². The summed E-state index contributed by atoms with van der Waals surface area (Å²) in [5.41, 5.74) is 1.09. The Bertz CT molecular complexity index is 393. The summed E-state index contributed by atoms with van der Waals surface area (Å²) in [6, 6.07) is 0. The first-order chi connectivity index (χ1) is 8.76. The molecule has 1 saturated carbocycles. The average Bonchev–Trinajstić information content (AvgIpc) is 3.20. The number of aliphatic hydroxyl groups is 1. The zero-order valence-corrected chi connectivity index (χ0v) is 11.1. The molecule has 1 aliphatic carbocycles. The van der Waals surface area contributed by atoms with Gasteiger partial charge in [-0.15, -0.1) is 0 Å². The molecule has 1 aliphatic rings. The molecule has 1 unspecified atom stereocenters. The molecule has 0 aromatic carbocycles. The third-order valence-corrected chi connectivity index (χ3v) is 3.29. The van der Waals surface area contributed by atoms with Crippen molar-refractivity contribution in [1.82, 2.24) is 9.97 Å². The van der Waals surface area contributed by atoms with Crippen molar-refractivity contribution in [3.8, 4) is 0 Å².